The summed E-state index contributed by atoms with van der Waals surface area (Å²) < 4.78 is 0. The van der Waals surface area contributed by atoms with E-state index in [-0.39, 0.29) is 11.8 Å². The quantitative estimate of drug-likeness (QED) is 0.902. The molecule has 0 spiro atoms. The molecule has 2 heterocycles. The maximum atomic E-state index is 11.3. The summed E-state index contributed by atoms with van der Waals surface area (Å²) >= 11 is 0. The Kier molecular flexibility index (Phi) is 4.02. The molecule has 0 radical (unpaired) electrons. The van der Waals surface area contributed by atoms with Gasteiger partial charge in [0.25, 0.3) is 0 Å². The maximum Gasteiger partial charge on any atom is 0.220 e. The number of nitrogens with two attached hydrogens (primary N) is 1. The number of primary amides is 1. The Morgan fingerprint density at radius 1 is 1.39 bits per heavy atom. The van der Waals surface area contributed by atoms with Gasteiger partial charge in [-0.05, 0) is 31.0 Å². The molecule has 2 aromatic rings. The highest BCUT2D eigenvalue weighted by Gasteiger charge is 2.25. The van der Waals surface area contributed by atoms with Gasteiger partial charge >= 0.3 is 0 Å². The zero-order valence-electron chi connectivity index (χ0n) is 13.0. The molecule has 1 aliphatic rings. The van der Waals surface area contributed by atoms with Crippen LogP contribution in [0.15, 0.2) is 24.4 Å². The number of piperidine rings is 1. The van der Waals surface area contributed by atoms with Crippen LogP contribution in [0.4, 0.5) is 11.5 Å². The Hall–Kier alpha value is -2.81. The summed E-state index contributed by atoms with van der Waals surface area (Å²) in [4.78, 5) is 18.1. The van der Waals surface area contributed by atoms with Gasteiger partial charge in [-0.15, -0.1) is 0 Å². The van der Waals surface area contributed by atoms with Crippen LogP contribution in [0.5, 0.6) is 0 Å². The Labute approximate surface area is 134 Å². The van der Waals surface area contributed by atoms with Crippen molar-refractivity contribution in [2.45, 2.75) is 12.8 Å². The molecule has 118 valence electrons. The third-order valence-electron chi connectivity index (χ3n) is 4.46. The fraction of sp³-hybridized carbons (Fsp3) is 0.353. The van der Waals surface area contributed by atoms with E-state index in [1.165, 1.54) is 0 Å². The molecule has 1 saturated heterocycles. The third-order valence-corrected chi connectivity index (χ3v) is 4.46. The van der Waals surface area contributed by atoms with Gasteiger partial charge in [-0.25, -0.2) is 4.98 Å². The third kappa shape index (κ3) is 2.78. The highest BCUT2D eigenvalue weighted by atomic mass is 16.1. The number of hydrogen-bond donors (Lipinski definition) is 2. The van der Waals surface area contributed by atoms with Crippen molar-refractivity contribution in [1.82, 2.24) is 4.98 Å². The van der Waals surface area contributed by atoms with Crippen molar-refractivity contribution in [3.8, 4) is 6.07 Å². The molecule has 0 aliphatic carbocycles. The van der Waals surface area contributed by atoms with Crippen LogP contribution in [0.1, 0.15) is 18.4 Å². The lowest BCUT2D eigenvalue weighted by atomic mass is 9.96. The molecular formula is C17H19N5O. The first-order chi connectivity index (χ1) is 11.1. The molecule has 1 aliphatic heterocycles. The first kappa shape index (κ1) is 15.1. The lowest BCUT2D eigenvalue weighted by Gasteiger charge is -2.32. The monoisotopic (exact) mass is 309 g/mol. The summed E-state index contributed by atoms with van der Waals surface area (Å²) in [5.74, 6) is 0.636. The Bertz CT molecular complexity index is 787. The van der Waals surface area contributed by atoms with Crippen molar-refractivity contribution < 1.29 is 4.79 Å². The molecule has 0 atom stereocenters. The number of fused-ring (bicyclic) bond motifs is 1. The molecule has 3 rings (SSSR count). The molecule has 1 aromatic carbocycles. The second-order valence-electron chi connectivity index (χ2n) is 5.78. The minimum absolute atomic E-state index is 0.0423. The van der Waals surface area contributed by atoms with Crippen LogP contribution >= 0.6 is 0 Å². The Morgan fingerprint density at radius 3 is 2.74 bits per heavy atom. The standard InChI is InChI=1S/C17H19N5O/c1-20-15-10-21-17(13-3-2-11(9-18)8-14(13)15)22-6-4-12(5-7-22)16(19)23/h2-3,8,10,12,20H,4-7H2,1H3,(H2,19,23). The van der Waals surface area contributed by atoms with Gasteiger partial charge in [-0.3, -0.25) is 4.79 Å². The predicted octanol–water partition coefficient (Wildman–Crippen LogP) is 1.85. The number of carbonyl (C=O) groups excluding carboxylic acids is 1. The fourth-order valence-corrected chi connectivity index (χ4v) is 3.12. The van der Waals surface area contributed by atoms with E-state index in [1.54, 1.807) is 6.20 Å². The lowest BCUT2D eigenvalue weighted by Crippen LogP contribution is -2.39. The molecule has 3 N–H and O–H groups in total. The number of aromatic nitrogens is 1. The molecule has 6 nitrogen and oxygen atoms in total. The van der Waals surface area contributed by atoms with Crippen LogP contribution in [0.2, 0.25) is 0 Å². The zero-order chi connectivity index (χ0) is 16.4. The van der Waals surface area contributed by atoms with Crippen molar-refractivity contribution in [3.63, 3.8) is 0 Å². The van der Waals surface area contributed by atoms with E-state index in [4.69, 9.17) is 11.0 Å². The lowest BCUT2D eigenvalue weighted by molar-refractivity contribution is -0.122. The van der Waals surface area contributed by atoms with Gasteiger partial charge in [0, 0.05) is 36.8 Å². The van der Waals surface area contributed by atoms with E-state index in [2.05, 4.69) is 21.3 Å². The first-order valence-corrected chi connectivity index (χ1v) is 7.69. The first-order valence-electron chi connectivity index (χ1n) is 7.69. The van der Waals surface area contributed by atoms with Crippen molar-refractivity contribution in [3.05, 3.63) is 30.0 Å². The maximum absolute atomic E-state index is 11.3. The van der Waals surface area contributed by atoms with Crippen LogP contribution in [0.3, 0.4) is 0 Å². The zero-order valence-corrected chi connectivity index (χ0v) is 13.0. The number of rotatable bonds is 3. The molecule has 1 fully saturated rings. The topological polar surface area (TPSA) is 95.0 Å². The van der Waals surface area contributed by atoms with Crippen molar-refractivity contribution in [1.29, 1.82) is 5.26 Å². The van der Waals surface area contributed by atoms with E-state index in [1.807, 2.05) is 25.2 Å². The number of amides is 1. The number of carbonyl (C=O) groups is 1. The van der Waals surface area contributed by atoms with Gasteiger partial charge < -0.3 is 16.0 Å². The molecule has 1 aromatic heterocycles. The summed E-state index contributed by atoms with van der Waals surface area (Å²) in [6.07, 6.45) is 3.30. The van der Waals surface area contributed by atoms with E-state index in [0.29, 0.717) is 5.56 Å². The molecule has 6 heteroatoms. The summed E-state index contributed by atoms with van der Waals surface area (Å²) in [5, 5.41) is 14.2. The number of benzene rings is 1. The number of hydrogen-bond acceptors (Lipinski definition) is 5. The number of nitrogens with zero attached hydrogens (tertiary/aromatic N) is 3. The van der Waals surface area contributed by atoms with Gasteiger partial charge in [-0.1, -0.05) is 0 Å². The average Bonchev–Trinajstić information content (AvgIpc) is 2.60. The average molecular weight is 309 g/mol. The second-order valence-corrected chi connectivity index (χ2v) is 5.78. The minimum Gasteiger partial charge on any atom is -0.386 e. The predicted molar refractivity (Wildman–Crippen MR) is 90.1 cm³/mol. The van der Waals surface area contributed by atoms with E-state index in [0.717, 1.165) is 48.2 Å². The SMILES string of the molecule is CNc1cnc(N2CCC(C(N)=O)CC2)c2ccc(C#N)cc12. The molecule has 1 amide bonds. The minimum atomic E-state index is -0.216. The summed E-state index contributed by atoms with van der Waals surface area (Å²) in [6, 6.07) is 7.80. The smallest absolute Gasteiger partial charge is 0.220 e. The van der Waals surface area contributed by atoms with Crippen LogP contribution in [-0.4, -0.2) is 31.0 Å². The van der Waals surface area contributed by atoms with Gasteiger partial charge in [0.05, 0.1) is 23.5 Å². The molecule has 23 heavy (non-hydrogen) atoms. The van der Waals surface area contributed by atoms with Gasteiger partial charge in [0.1, 0.15) is 5.82 Å². The van der Waals surface area contributed by atoms with Crippen LogP contribution in [0, 0.1) is 17.2 Å². The fourth-order valence-electron chi connectivity index (χ4n) is 3.12. The molecule has 0 saturated carbocycles. The number of nitriles is 1. The Balaban J connectivity index is 1.99. The highest BCUT2D eigenvalue weighted by molar-refractivity contribution is 6.00. The van der Waals surface area contributed by atoms with Crippen LogP contribution in [0.25, 0.3) is 10.8 Å². The Morgan fingerprint density at radius 2 is 2.13 bits per heavy atom. The van der Waals surface area contributed by atoms with E-state index in [9.17, 15) is 4.79 Å². The second kappa shape index (κ2) is 6.13. The van der Waals surface area contributed by atoms with Crippen molar-refractivity contribution >= 4 is 28.2 Å². The van der Waals surface area contributed by atoms with Crippen molar-refractivity contribution in [2.75, 3.05) is 30.4 Å². The highest BCUT2D eigenvalue weighted by Crippen LogP contribution is 2.32. The van der Waals surface area contributed by atoms with Crippen LogP contribution < -0.4 is 16.0 Å². The summed E-state index contributed by atoms with van der Waals surface area (Å²) in [6.45, 7) is 1.52. The van der Waals surface area contributed by atoms with Gasteiger partial charge in [0.2, 0.25) is 5.91 Å². The number of anilines is 2. The summed E-state index contributed by atoms with van der Waals surface area (Å²) in [5.41, 5.74) is 6.92. The normalized spacial score (nSPS) is 15.4. The van der Waals surface area contributed by atoms with E-state index >= 15 is 0 Å². The summed E-state index contributed by atoms with van der Waals surface area (Å²) in [7, 11) is 1.84. The van der Waals surface area contributed by atoms with E-state index < -0.39 is 0 Å². The molecule has 0 bridgehead atoms. The number of pyridine rings is 1. The largest absolute Gasteiger partial charge is 0.386 e. The van der Waals surface area contributed by atoms with Gasteiger partial charge in [-0.2, -0.15) is 5.26 Å². The molecular weight excluding hydrogens is 290 g/mol. The van der Waals surface area contributed by atoms with Crippen molar-refractivity contribution in [2.24, 2.45) is 11.7 Å². The van der Waals surface area contributed by atoms with Crippen LogP contribution in [-0.2, 0) is 4.79 Å². The molecule has 0 unspecified atom stereocenters. The van der Waals surface area contributed by atoms with Gasteiger partial charge in [0.15, 0.2) is 0 Å². The number of nitrogens with one attached hydrogen (secondary N) is 1.